The van der Waals surface area contributed by atoms with Gasteiger partial charge >= 0.3 is 0 Å². The molecule has 0 atom stereocenters. The van der Waals surface area contributed by atoms with E-state index in [2.05, 4.69) is 20.4 Å². The van der Waals surface area contributed by atoms with Crippen LogP contribution in [0.15, 0.2) is 55.1 Å². The van der Waals surface area contributed by atoms with Crippen molar-refractivity contribution < 1.29 is 0 Å². The van der Waals surface area contributed by atoms with Gasteiger partial charge in [-0.2, -0.15) is 5.10 Å². The second-order valence-corrected chi connectivity index (χ2v) is 4.54. The van der Waals surface area contributed by atoms with Crippen LogP contribution < -0.4 is 5.32 Å². The molecule has 0 amide bonds. The van der Waals surface area contributed by atoms with Crippen molar-refractivity contribution in [3.63, 3.8) is 0 Å². The zero-order chi connectivity index (χ0) is 13.8. The minimum atomic E-state index is 0.466. The first-order valence-corrected chi connectivity index (χ1v) is 6.50. The Hall–Kier alpha value is -2.40. The van der Waals surface area contributed by atoms with Crippen LogP contribution in [0.25, 0.3) is 5.82 Å². The van der Waals surface area contributed by atoms with Crippen molar-refractivity contribution in [3.05, 3.63) is 65.8 Å². The zero-order valence-corrected chi connectivity index (χ0v) is 11.3. The highest BCUT2D eigenvalue weighted by atomic mass is 35.5. The van der Waals surface area contributed by atoms with E-state index in [1.54, 1.807) is 29.3 Å². The summed E-state index contributed by atoms with van der Waals surface area (Å²) in [7, 11) is 0. The van der Waals surface area contributed by atoms with Crippen LogP contribution in [-0.2, 0) is 6.54 Å². The molecule has 0 aliphatic heterocycles. The molecule has 0 radical (unpaired) electrons. The molecule has 5 nitrogen and oxygen atoms in total. The molecule has 20 heavy (non-hydrogen) atoms. The average Bonchev–Trinajstić information content (AvgIpc) is 3.00. The Labute approximate surface area is 121 Å². The Morgan fingerprint density at radius 1 is 1.10 bits per heavy atom. The minimum Gasteiger partial charge on any atom is -0.381 e. The maximum absolute atomic E-state index is 5.86. The molecule has 0 aliphatic rings. The molecule has 0 spiro atoms. The molecule has 0 saturated carbocycles. The number of nitrogens with zero attached hydrogens (tertiary/aromatic N) is 4. The molecule has 6 heteroatoms. The number of hydrogen-bond donors (Lipinski definition) is 1. The maximum Gasteiger partial charge on any atom is 0.158 e. The quantitative estimate of drug-likeness (QED) is 0.749. The van der Waals surface area contributed by atoms with Crippen molar-refractivity contribution in [2.24, 2.45) is 0 Å². The van der Waals surface area contributed by atoms with Gasteiger partial charge in [-0.25, -0.2) is 14.6 Å². The van der Waals surface area contributed by atoms with Gasteiger partial charge in [-0.15, -0.1) is 0 Å². The Kier molecular flexibility index (Phi) is 3.60. The topological polar surface area (TPSA) is 55.6 Å². The van der Waals surface area contributed by atoms with Gasteiger partial charge in [-0.3, -0.25) is 0 Å². The third-order valence-electron chi connectivity index (χ3n) is 2.80. The molecule has 3 rings (SSSR count). The van der Waals surface area contributed by atoms with Crippen molar-refractivity contribution in [3.8, 4) is 5.82 Å². The first-order valence-electron chi connectivity index (χ1n) is 6.12. The van der Waals surface area contributed by atoms with Crippen LogP contribution in [0.4, 0.5) is 5.69 Å². The molecule has 0 bridgehead atoms. The van der Waals surface area contributed by atoms with E-state index in [4.69, 9.17) is 11.6 Å². The van der Waals surface area contributed by atoms with Crippen LogP contribution in [0.3, 0.4) is 0 Å². The third-order valence-corrected chi connectivity index (χ3v) is 3.01. The highest BCUT2D eigenvalue weighted by Gasteiger charge is 2.05. The molecule has 0 aliphatic carbocycles. The van der Waals surface area contributed by atoms with Crippen molar-refractivity contribution in [1.29, 1.82) is 0 Å². The number of aromatic nitrogens is 4. The lowest BCUT2D eigenvalue weighted by molar-refractivity contribution is 0.829. The summed E-state index contributed by atoms with van der Waals surface area (Å²) in [6.45, 7) is 0.628. The first kappa shape index (κ1) is 12.6. The molecule has 3 aromatic heterocycles. The van der Waals surface area contributed by atoms with Crippen LogP contribution in [-0.4, -0.2) is 19.7 Å². The molecule has 1 N–H and O–H groups in total. The minimum absolute atomic E-state index is 0.466. The number of hydrogen-bond acceptors (Lipinski definition) is 4. The van der Waals surface area contributed by atoms with Gasteiger partial charge in [0.2, 0.25) is 0 Å². The Bertz CT molecular complexity index is 696. The summed E-state index contributed by atoms with van der Waals surface area (Å²) >= 11 is 5.86. The van der Waals surface area contributed by atoms with E-state index in [1.165, 1.54) is 0 Å². The van der Waals surface area contributed by atoms with E-state index in [0.29, 0.717) is 11.7 Å². The van der Waals surface area contributed by atoms with E-state index in [9.17, 15) is 0 Å². The molecule has 100 valence electrons. The predicted octanol–water partition coefficient (Wildman–Crippen LogP) is 2.93. The van der Waals surface area contributed by atoms with Crippen LogP contribution in [0, 0.1) is 0 Å². The van der Waals surface area contributed by atoms with Crippen molar-refractivity contribution in [2.75, 3.05) is 5.32 Å². The summed E-state index contributed by atoms with van der Waals surface area (Å²) in [5.41, 5.74) is 1.96. The molecule has 3 aromatic rings. The van der Waals surface area contributed by atoms with Crippen molar-refractivity contribution in [2.45, 2.75) is 6.54 Å². The van der Waals surface area contributed by atoms with Crippen LogP contribution in [0.2, 0.25) is 5.15 Å². The van der Waals surface area contributed by atoms with Gasteiger partial charge in [0, 0.05) is 42.6 Å². The maximum atomic E-state index is 5.86. The van der Waals surface area contributed by atoms with Crippen LogP contribution in [0.5, 0.6) is 0 Å². The van der Waals surface area contributed by atoms with Gasteiger partial charge in [0.15, 0.2) is 5.82 Å². The SMILES string of the molecule is Clc1cc(NCc2cccnc2-n2cccn2)ccn1. The predicted molar refractivity (Wildman–Crippen MR) is 77.9 cm³/mol. The van der Waals surface area contributed by atoms with Gasteiger partial charge < -0.3 is 5.32 Å². The first-order chi connectivity index (χ1) is 9.83. The fourth-order valence-electron chi connectivity index (χ4n) is 1.88. The molecule has 0 unspecified atom stereocenters. The van der Waals surface area contributed by atoms with Crippen molar-refractivity contribution >= 4 is 17.3 Å². The monoisotopic (exact) mass is 285 g/mol. The van der Waals surface area contributed by atoms with Gasteiger partial charge in [0.1, 0.15) is 5.15 Å². The van der Waals surface area contributed by atoms with Crippen molar-refractivity contribution in [1.82, 2.24) is 19.7 Å². The summed E-state index contributed by atoms with van der Waals surface area (Å²) in [6, 6.07) is 9.44. The molecule has 0 fully saturated rings. The summed E-state index contributed by atoms with van der Waals surface area (Å²) in [4.78, 5) is 8.33. The van der Waals surface area contributed by atoms with E-state index >= 15 is 0 Å². The number of rotatable bonds is 4. The summed E-state index contributed by atoms with van der Waals surface area (Å²) in [5, 5.41) is 7.98. The van der Waals surface area contributed by atoms with Gasteiger partial charge in [-0.05, 0) is 24.3 Å². The second-order valence-electron chi connectivity index (χ2n) is 4.16. The zero-order valence-electron chi connectivity index (χ0n) is 10.6. The van der Waals surface area contributed by atoms with Gasteiger partial charge in [0.25, 0.3) is 0 Å². The van der Waals surface area contributed by atoms with E-state index in [-0.39, 0.29) is 0 Å². The van der Waals surface area contributed by atoms with Gasteiger partial charge in [-0.1, -0.05) is 17.7 Å². The van der Waals surface area contributed by atoms with Crippen LogP contribution in [0.1, 0.15) is 5.56 Å². The Morgan fingerprint density at radius 3 is 2.85 bits per heavy atom. The summed E-state index contributed by atoms with van der Waals surface area (Å²) in [5.74, 6) is 0.810. The fourth-order valence-corrected chi connectivity index (χ4v) is 2.05. The number of anilines is 1. The molecular formula is C14H12ClN5. The standard InChI is InChI=1S/C14H12ClN5/c15-13-9-12(4-7-16-13)18-10-11-3-1-5-17-14(11)20-8-2-6-19-20/h1-9H,10H2,(H,16,18). The highest BCUT2D eigenvalue weighted by molar-refractivity contribution is 6.29. The van der Waals surface area contributed by atoms with E-state index in [0.717, 1.165) is 17.1 Å². The molecule has 3 heterocycles. The third kappa shape index (κ3) is 2.78. The lowest BCUT2D eigenvalue weighted by atomic mass is 10.2. The van der Waals surface area contributed by atoms with E-state index in [1.807, 2.05) is 30.5 Å². The lowest BCUT2D eigenvalue weighted by Crippen LogP contribution is -2.07. The Balaban J connectivity index is 1.81. The Morgan fingerprint density at radius 2 is 2.05 bits per heavy atom. The largest absolute Gasteiger partial charge is 0.381 e. The van der Waals surface area contributed by atoms with E-state index < -0.39 is 0 Å². The average molecular weight is 286 g/mol. The number of nitrogens with one attached hydrogen (secondary N) is 1. The normalized spacial score (nSPS) is 10.4. The number of halogens is 1. The van der Waals surface area contributed by atoms with Crippen LogP contribution >= 0.6 is 11.6 Å². The summed E-state index contributed by atoms with van der Waals surface area (Å²) in [6.07, 6.45) is 7.02. The molecular weight excluding hydrogens is 274 g/mol. The summed E-state index contributed by atoms with van der Waals surface area (Å²) < 4.78 is 1.75. The molecule has 0 aromatic carbocycles. The smallest absolute Gasteiger partial charge is 0.158 e. The molecule has 0 saturated heterocycles. The highest BCUT2D eigenvalue weighted by Crippen LogP contribution is 2.15. The lowest BCUT2D eigenvalue weighted by Gasteiger charge is -2.10. The fraction of sp³-hybridized carbons (Fsp3) is 0.0714. The van der Waals surface area contributed by atoms with Gasteiger partial charge in [0.05, 0.1) is 0 Å². The second kappa shape index (κ2) is 5.71. The number of pyridine rings is 2.